The van der Waals surface area contributed by atoms with Crippen LogP contribution in [-0.2, 0) is 38.9 Å². The molecule has 1 atom stereocenters. The van der Waals surface area contributed by atoms with Gasteiger partial charge in [0.1, 0.15) is 24.9 Å². The number of carbonyl (C=O) groups excluding carboxylic acids is 2. The molecular weight excluding hydrogens is 529 g/mol. The molecule has 0 bridgehead atoms. The lowest BCUT2D eigenvalue weighted by Gasteiger charge is -2.49. The van der Waals surface area contributed by atoms with Crippen molar-refractivity contribution in [3.63, 3.8) is 0 Å². The van der Waals surface area contributed by atoms with E-state index in [1.54, 1.807) is 0 Å². The van der Waals surface area contributed by atoms with Crippen molar-refractivity contribution in [2.75, 3.05) is 40.2 Å². The highest BCUT2D eigenvalue weighted by molar-refractivity contribution is 7.25. The fraction of sp³-hybridized carbons (Fsp3) is 0.290. The molecule has 9 heteroatoms. The van der Waals surface area contributed by atoms with Gasteiger partial charge in [0.2, 0.25) is 5.91 Å². The van der Waals surface area contributed by atoms with Gasteiger partial charge >= 0.3 is 5.97 Å². The lowest BCUT2D eigenvalue weighted by molar-refractivity contribution is -0.263. The fourth-order valence-electron chi connectivity index (χ4n) is 5.42. The number of morpholine rings is 1. The van der Waals surface area contributed by atoms with Crippen LogP contribution in [0.15, 0.2) is 90.5 Å². The molecule has 1 fully saturated rings. The van der Waals surface area contributed by atoms with Crippen LogP contribution < -0.4 is 0 Å². The molecule has 0 N–H and O–H groups in total. The van der Waals surface area contributed by atoms with E-state index in [-0.39, 0.29) is 33.2 Å². The highest BCUT2D eigenvalue weighted by atomic mass is 31.1. The maximum atomic E-state index is 13.7. The SMILES string of the molecule is COC(=O)CP=O.COOC/C=C(/C)C1COCC(=O)N1C1(c2ccccc2)c2ccccc2-c2ccccc21. The first-order valence-electron chi connectivity index (χ1n) is 12.8. The van der Waals surface area contributed by atoms with Crippen molar-refractivity contribution in [3.8, 4) is 11.1 Å². The van der Waals surface area contributed by atoms with Gasteiger partial charge in [-0.25, -0.2) is 9.78 Å². The molecule has 1 heterocycles. The molecule has 3 aromatic rings. The molecule has 5 rings (SSSR count). The van der Waals surface area contributed by atoms with E-state index in [2.05, 4.69) is 65.4 Å². The number of amides is 1. The largest absolute Gasteiger partial charge is 0.468 e. The summed E-state index contributed by atoms with van der Waals surface area (Å²) in [6.07, 6.45) is 1.91. The maximum Gasteiger partial charge on any atom is 0.317 e. The zero-order valence-electron chi connectivity index (χ0n) is 22.7. The first-order chi connectivity index (χ1) is 19.5. The van der Waals surface area contributed by atoms with E-state index in [0.29, 0.717) is 13.2 Å². The minimum absolute atomic E-state index is 0.0398. The molecule has 1 saturated heterocycles. The summed E-state index contributed by atoms with van der Waals surface area (Å²) in [6, 6.07) is 26.9. The number of ether oxygens (including phenoxy) is 2. The van der Waals surface area contributed by atoms with Crippen LogP contribution in [0.1, 0.15) is 23.6 Å². The van der Waals surface area contributed by atoms with Crippen molar-refractivity contribution in [1.29, 1.82) is 0 Å². The zero-order valence-corrected chi connectivity index (χ0v) is 23.6. The Labute approximate surface area is 235 Å². The van der Waals surface area contributed by atoms with Gasteiger partial charge in [-0.2, -0.15) is 0 Å². The number of nitrogens with zero attached hydrogens (tertiary/aromatic N) is 1. The minimum atomic E-state index is -0.767. The quantitative estimate of drug-likeness (QED) is 0.0937. The molecule has 8 nitrogen and oxygen atoms in total. The lowest BCUT2D eigenvalue weighted by atomic mass is 9.77. The second kappa shape index (κ2) is 13.6. The van der Waals surface area contributed by atoms with Crippen molar-refractivity contribution in [2.45, 2.75) is 18.5 Å². The molecule has 0 saturated carbocycles. The smallest absolute Gasteiger partial charge is 0.317 e. The van der Waals surface area contributed by atoms with Gasteiger partial charge in [-0.15, -0.1) is 0 Å². The van der Waals surface area contributed by atoms with Crippen LogP contribution in [0.2, 0.25) is 0 Å². The highest BCUT2D eigenvalue weighted by Crippen LogP contribution is 2.55. The monoisotopic (exact) mass is 561 g/mol. The summed E-state index contributed by atoms with van der Waals surface area (Å²) in [5.41, 5.74) is 5.81. The number of carbonyl (C=O) groups is 2. The van der Waals surface area contributed by atoms with Crippen LogP contribution >= 0.6 is 8.46 Å². The van der Waals surface area contributed by atoms with Crippen LogP contribution in [0.25, 0.3) is 11.1 Å². The van der Waals surface area contributed by atoms with Gasteiger partial charge in [-0.3, -0.25) is 14.2 Å². The fourth-order valence-corrected chi connectivity index (χ4v) is 5.65. The molecule has 1 amide bonds. The Bertz CT molecular complexity index is 1330. The third-order valence-electron chi connectivity index (χ3n) is 7.10. The second-order valence-electron chi connectivity index (χ2n) is 9.22. The van der Waals surface area contributed by atoms with Gasteiger partial charge in [-0.1, -0.05) is 90.5 Å². The molecule has 0 radical (unpaired) electrons. The minimum Gasteiger partial charge on any atom is -0.468 e. The molecule has 1 aliphatic carbocycles. The average Bonchev–Trinajstić information content (AvgIpc) is 3.29. The molecule has 0 spiro atoms. The van der Waals surface area contributed by atoms with Crippen LogP contribution in [-0.4, -0.2) is 63.0 Å². The topological polar surface area (TPSA) is 91.4 Å². The number of esters is 1. The molecule has 208 valence electrons. The summed E-state index contributed by atoms with van der Waals surface area (Å²) in [6.45, 7) is 2.79. The van der Waals surface area contributed by atoms with E-state index in [1.807, 2.05) is 36.1 Å². The van der Waals surface area contributed by atoms with E-state index in [1.165, 1.54) is 14.2 Å². The Morgan fingerprint density at radius 2 is 1.60 bits per heavy atom. The highest BCUT2D eigenvalue weighted by Gasteiger charge is 2.54. The Morgan fingerprint density at radius 1 is 1.00 bits per heavy atom. The van der Waals surface area contributed by atoms with Gasteiger partial charge < -0.3 is 14.4 Å². The van der Waals surface area contributed by atoms with Crippen LogP contribution in [0.3, 0.4) is 0 Å². The number of fused-ring (bicyclic) bond motifs is 3. The van der Waals surface area contributed by atoms with E-state index >= 15 is 0 Å². The first-order valence-corrected chi connectivity index (χ1v) is 13.8. The third-order valence-corrected chi connectivity index (χ3v) is 7.48. The van der Waals surface area contributed by atoms with Crippen molar-refractivity contribution in [3.05, 3.63) is 107 Å². The summed E-state index contributed by atoms with van der Waals surface area (Å²) >= 11 is 0. The number of hydrogen-bond acceptors (Lipinski definition) is 7. The molecule has 3 aromatic carbocycles. The number of benzene rings is 3. The molecule has 0 aromatic heterocycles. The van der Waals surface area contributed by atoms with Crippen molar-refractivity contribution < 1.29 is 33.4 Å². The second-order valence-corrected chi connectivity index (χ2v) is 9.80. The summed E-state index contributed by atoms with van der Waals surface area (Å²) < 4.78 is 19.5. The normalized spacial score (nSPS) is 17.5. The first kappa shape index (κ1) is 29.3. The van der Waals surface area contributed by atoms with Gasteiger partial charge in [-0.05, 0) is 34.7 Å². The summed E-state index contributed by atoms with van der Waals surface area (Å²) in [5.74, 6) is -0.487. The Kier molecular flexibility index (Phi) is 9.96. The predicted molar refractivity (Wildman–Crippen MR) is 151 cm³/mol. The third kappa shape index (κ3) is 5.62. The van der Waals surface area contributed by atoms with E-state index in [4.69, 9.17) is 14.5 Å². The molecule has 2 aliphatic rings. The number of hydrogen-bond donors (Lipinski definition) is 0. The molecule has 40 heavy (non-hydrogen) atoms. The van der Waals surface area contributed by atoms with Crippen molar-refractivity contribution >= 4 is 20.3 Å². The van der Waals surface area contributed by atoms with Crippen LogP contribution in [0.5, 0.6) is 0 Å². The van der Waals surface area contributed by atoms with E-state index < -0.39 is 11.5 Å². The van der Waals surface area contributed by atoms with Crippen LogP contribution in [0, 0.1) is 0 Å². The molecular formula is C31H32NO7P. The summed E-state index contributed by atoms with van der Waals surface area (Å²) in [5, 5.41) is 0. The van der Waals surface area contributed by atoms with Crippen molar-refractivity contribution in [1.82, 2.24) is 4.90 Å². The zero-order chi connectivity index (χ0) is 28.5. The Balaban J connectivity index is 0.000000470. The number of methoxy groups -OCH3 is 1. The lowest BCUT2D eigenvalue weighted by Crippen LogP contribution is -2.60. The predicted octanol–water partition coefficient (Wildman–Crippen LogP) is 5.16. The van der Waals surface area contributed by atoms with E-state index in [0.717, 1.165) is 33.4 Å². The summed E-state index contributed by atoms with van der Waals surface area (Å²) in [4.78, 5) is 35.6. The maximum absolute atomic E-state index is 13.7. The van der Waals surface area contributed by atoms with Gasteiger partial charge in [0.25, 0.3) is 0 Å². The van der Waals surface area contributed by atoms with Crippen LogP contribution in [0.4, 0.5) is 0 Å². The summed E-state index contributed by atoms with van der Waals surface area (Å²) in [7, 11) is 2.56. The Morgan fingerprint density at radius 3 is 2.15 bits per heavy atom. The average molecular weight is 562 g/mol. The Hall–Kier alpha value is -3.68. The number of rotatable bonds is 8. The van der Waals surface area contributed by atoms with Crippen molar-refractivity contribution in [2.24, 2.45) is 0 Å². The van der Waals surface area contributed by atoms with Gasteiger partial charge in [0.15, 0.2) is 8.46 Å². The van der Waals surface area contributed by atoms with Gasteiger partial charge in [0.05, 0.1) is 26.9 Å². The molecule has 1 aliphatic heterocycles. The molecule has 1 unspecified atom stereocenters. The standard InChI is InChI=1S/C28H27NO4.C3H5O3P/c1-20(16-17-33-31-2)26-18-32-19-27(30)29(26)28(21-10-4-3-5-11-21)24-14-8-6-12-22(24)23-13-7-9-15-25(23)28;1-6-3(4)2-7-5/h3-16,26H,17-19H2,1-2H3;2H2,1H3/b20-16-;. The van der Waals surface area contributed by atoms with Gasteiger partial charge in [0, 0.05) is 0 Å². The van der Waals surface area contributed by atoms with E-state index in [9.17, 15) is 14.2 Å².